The third kappa shape index (κ3) is 1.61. The molecule has 0 N–H and O–H groups in total. The quantitative estimate of drug-likeness (QED) is 0.625. The molecule has 3 unspecified atom stereocenters. The summed E-state index contributed by atoms with van der Waals surface area (Å²) in [5.41, 5.74) is 0.712. The largest absolute Gasteiger partial charge is 0.375 e. The molecular weight excluding hydrogens is 184 g/mol. The first-order valence-corrected chi connectivity index (χ1v) is 5.87. The van der Waals surface area contributed by atoms with Crippen molar-refractivity contribution in [2.75, 3.05) is 12.5 Å². The van der Waals surface area contributed by atoms with E-state index in [-0.39, 0.29) is 5.60 Å². The molecule has 0 aromatic rings. The van der Waals surface area contributed by atoms with E-state index in [9.17, 15) is 0 Å². The van der Waals surface area contributed by atoms with Crippen molar-refractivity contribution in [1.82, 2.24) is 0 Å². The van der Waals surface area contributed by atoms with Crippen molar-refractivity contribution in [2.45, 2.75) is 45.1 Å². The van der Waals surface area contributed by atoms with Crippen molar-refractivity contribution in [3.8, 4) is 0 Å². The van der Waals surface area contributed by atoms with Gasteiger partial charge >= 0.3 is 0 Å². The number of hydrogen-bond acceptors (Lipinski definition) is 1. The molecule has 13 heavy (non-hydrogen) atoms. The molecule has 0 bridgehead atoms. The van der Waals surface area contributed by atoms with Gasteiger partial charge in [-0.25, -0.2) is 0 Å². The maximum atomic E-state index is 5.92. The minimum Gasteiger partial charge on any atom is -0.375 e. The molecule has 0 radical (unpaired) electrons. The van der Waals surface area contributed by atoms with E-state index in [1.54, 1.807) is 0 Å². The Hall–Kier alpha value is 0.250. The van der Waals surface area contributed by atoms with Gasteiger partial charge in [-0.3, -0.25) is 0 Å². The lowest BCUT2D eigenvalue weighted by atomic mass is 9.81. The van der Waals surface area contributed by atoms with Crippen LogP contribution in [0, 0.1) is 11.3 Å². The molecule has 0 amide bonds. The smallest absolute Gasteiger partial charge is 0.0657 e. The maximum Gasteiger partial charge on any atom is 0.0657 e. The van der Waals surface area contributed by atoms with Crippen molar-refractivity contribution in [3.63, 3.8) is 0 Å². The summed E-state index contributed by atoms with van der Waals surface area (Å²) in [7, 11) is 0. The minimum absolute atomic E-state index is 0.138. The summed E-state index contributed by atoms with van der Waals surface area (Å²) in [5.74, 6) is 1.63. The van der Waals surface area contributed by atoms with Crippen LogP contribution in [0.15, 0.2) is 0 Å². The zero-order chi connectivity index (χ0) is 9.53. The molecule has 0 aromatic heterocycles. The molecule has 1 nitrogen and oxygen atoms in total. The number of halogens is 1. The van der Waals surface area contributed by atoms with E-state index in [2.05, 4.69) is 13.8 Å². The standard InChI is InChI=1S/C11H19ClO/c1-3-10(2)8-11(4-5-13-10)6-9(11)7-12/h9H,3-8H2,1-2H3. The first-order chi connectivity index (χ1) is 6.14. The van der Waals surface area contributed by atoms with Gasteiger partial charge in [-0.15, -0.1) is 11.6 Å². The molecular formula is C11H19ClO. The fourth-order valence-electron chi connectivity index (χ4n) is 2.78. The Morgan fingerprint density at radius 3 is 2.85 bits per heavy atom. The third-order valence-corrected chi connectivity index (χ3v) is 4.44. The fraction of sp³-hybridized carbons (Fsp3) is 1.00. The van der Waals surface area contributed by atoms with Gasteiger partial charge in [0, 0.05) is 12.5 Å². The SMILES string of the molecule is CCC1(C)CC2(CCO1)CC2CCl. The molecule has 1 spiro atoms. The molecule has 0 aromatic carbocycles. The lowest BCUT2D eigenvalue weighted by molar-refractivity contribution is -0.0958. The van der Waals surface area contributed by atoms with Crippen molar-refractivity contribution < 1.29 is 4.74 Å². The molecule has 1 saturated heterocycles. The molecule has 1 aliphatic carbocycles. The molecule has 2 heteroatoms. The molecule has 2 fully saturated rings. The van der Waals surface area contributed by atoms with Crippen LogP contribution < -0.4 is 0 Å². The van der Waals surface area contributed by atoms with Crippen LogP contribution in [0.1, 0.15) is 39.5 Å². The maximum absolute atomic E-state index is 5.92. The average Bonchev–Trinajstić information content (AvgIpc) is 2.78. The van der Waals surface area contributed by atoms with Crippen LogP contribution in [0.5, 0.6) is 0 Å². The van der Waals surface area contributed by atoms with Crippen LogP contribution in [0.3, 0.4) is 0 Å². The first kappa shape index (κ1) is 9.79. The lowest BCUT2D eigenvalue weighted by Crippen LogP contribution is -2.38. The lowest BCUT2D eigenvalue weighted by Gasteiger charge is -2.38. The van der Waals surface area contributed by atoms with Crippen LogP contribution in [0.4, 0.5) is 0 Å². The van der Waals surface area contributed by atoms with Gasteiger partial charge in [-0.1, -0.05) is 6.92 Å². The highest BCUT2D eigenvalue weighted by Crippen LogP contribution is 2.62. The van der Waals surface area contributed by atoms with Gasteiger partial charge in [0.05, 0.1) is 5.60 Å². The molecule has 1 heterocycles. The second-order valence-electron chi connectivity index (χ2n) is 5.00. The van der Waals surface area contributed by atoms with E-state index >= 15 is 0 Å². The Kier molecular flexibility index (Phi) is 2.36. The van der Waals surface area contributed by atoms with Crippen molar-refractivity contribution >= 4 is 11.6 Å². The summed E-state index contributed by atoms with van der Waals surface area (Å²) >= 11 is 5.92. The van der Waals surface area contributed by atoms with E-state index in [1.807, 2.05) is 0 Å². The fourth-order valence-corrected chi connectivity index (χ4v) is 3.22. The van der Waals surface area contributed by atoms with Gasteiger partial charge in [0.15, 0.2) is 0 Å². The Morgan fingerprint density at radius 1 is 1.54 bits per heavy atom. The highest BCUT2D eigenvalue weighted by Gasteiger charge is 2.57. The topological polar surface area (TPSA) is 9.23 Å². The monoisotopic (exact) mass is 202 g/mol. The normalized spacial score (nSPS) is 49.6. The summed E-state index contributed by atoms with van der Waals surface area (Å²) in [5, 5.41) is 0. The highest BCUT2D eigenvalue weighted by molar-refractivity contribution is 6.18. The van der Waals surface area contributed by atoms with Crippen molar-refractivity contribution in [3.05, 3.63) is 0 Å². The second-order valence-corrected chi connectivity index (χ2v) is 5.31. The average molecular weight is 203 g/mol. The van der Waals surface area contributed by atoms with E-state index in [1.165, 1.54) is 19.3 Å². The van der Waals surface area contributed by atoms with Gasteiger partial charge in [0.2, 0.25) is 0 Å². The molecule has 2 rings (SSSR count). The zero-order valence-electron chi connectivity index (χ0n) is 8.61. The summed E-state index contributed by atoms with van der Waals surface area (Å²) in [6.45, 7) is 5.41. The first-order valence-electron chi connectivity index (χ1n) is 5.34. The summed E-state index contributed by atoms with van der Waals surface area (Å²) in [6.07, 6.45) is 4.94. The highest BCUT2D eigenvalue weighted by atomic mass is 35.5. The predicted molar refractivity (Wildman–Crippen MR) is 55.1 cm³/mol. The van der Waals surface area contributed by atoms with Gasteiger partial charge in [-0.05, 0) is 43.9 Å². The molecule has 1 saturated carbocycles. The van der Waals surface area contributed by atoms with E-state index < -0.39 is 0 Å². The van der Waals surface area contributed by atoms with Crippen LogP contribution in [0.2, 0.25) is 0 Å². The summed E-state index contributed by atoms with van der Waals surface area (Å²) < 4.78 is 5.84. The van der Waals surface area contributed by atoms with Gasteiger partial charge in [-0.2, -0.15) is 0 Å². The third-order valence-electron chi connectivity index (χ3n) is 4.07. The Morgan fingerprint density at radius 2 is 2.31 bits per heavy atom. The molecule has 1 aliphatic heterocycles. The van der Waals surface area contributed by atoms with Gasteiger partial charge in [0.25, 0.3) is 0 Å². The minimum atomic E-state index is 0.138. The number of alkyl halides is 1. The van der Waals surface area contributed by atoms with Crippen LogP contribution in [0.25, 0.3) is 0 Å². The zero-order valence-corrected chi connectivity index (χ0v) is 9.36. The second kappa shape index (κ2) is 3.13. The number of hydrogen-bond donors (Lipinski definition) is 0. The molecule has 3 atom stereocenters. The number of rotatable bonds is 2. The van der Waals surface area contributed by atoms with Crippen molar-refractivity contribution in [2.24, 2.45) is 11.3 Å². The summed E-state index contributed by atoms with van der Waals surface area (Å²) in [6, 6.07) is 0. The predicted octanol–water partition coefficient (Wildman–Crippen LogP) is 3.21. The van der Waals surface area contributed by atoms with Crippen LogP contribution in [-0.4, -0.2) is 18.1 Å². The van der Waals surface area contributed by atoms with Gasteiger partial charge in [0.1, 0.15) is 0 Å². The molecule has 2 aliphatic rings. The molecule has 76 valence electrons. The van der Waals surface area contributed by atoms with E-state index in [0.29, 0.717) is 5.41 Å². The Balaban J connectivity index is 2.02. The van der Waals surface area contributed by atoms with Crippen molar-refractivity contribution in [1.29, 1.82) is 0 Å². The number of ether oxygens (including phenoxy) is 1. The van der Waals surface area contributed by atoms with E-state index in [4.69, 9.17) is 16.3 Å². The van der Waals surface area contributed by atoms with Gasteiger partial charge < -0.3 is 4.74 Å². The Bertz CT molecular complexity index is 206. The Labute approximate surface area is 85.8 Å². The van der Waals surface area contributed by atoms with E-state index in [0.717, 1.165) is 24.8 Å². The summed E-state index contributed by atoms with van der Waals surface area (Å²) in [4.78, 5) is 0. The van der Waals surface area contributed by atoms with Crippen LogP contribution >= 0.6 is 11.6 Å². The van der Waals surface area contributed by atoms with Crippen LogP contribution in [-0.2, 0) is 4.74 Å².